The normalized spacial score (nSPS) is 12.3. The van der Waals surface area contributed by atoms with Crippen LogP contribution in [0, 0.1) is 0 Å². The predicted octanol–water partition coefficient (Wildman–Crippen LogP) is 2.34. The summed E-state index contributed by atoms with van der Waals surface area (Å²) in [6.45, 7) is 6.94. The van der Waals surface area contributed by atoms with Crippen molar-refractivity contribution in [2.45, 2.75) is 32.9 Å². The number of benzene rings is 1. The lowest BCUT2D eigenvalue weighted by Gasteiger charge is -2.23. The van der Waals surface area contributed by atoms with Crippen molar-refractivity contribution in [2.75, 3.05) is 7.05 Å². The van der Waals surface area contributed by atoms with E-state index in [0.29, 0.717) is 6.54 Å². The molecule has 2 rings (SSSR count). The molecule has 5 heteroatoms. The van der Waals surface area contributed by atoms with Gasteiger partial charge in [-0.2, -0.15) is 5.10 Å². The van der Waals surface area contributed by atoms with Crippen molar-refractivity contribution in [3.8, 4) is 5.69 Å². The fourth-order valence-corrected chi connectivity index (χ4v) is 1.89. The van der Waals surface area contributed by atoms with Crippen LogP contribution in [0.5, 0.6) is 0 Å². The molecule has 0 saturated carbocycles. The summed E-state index contributed by atoms with van der Waals surface area (Å²) in [4.78, 5) is 4.21. The van der Waals surface area contributed by atoms with Crippen LogP contribution in [0.2, 0.25) is 0 Å². The molecule has 0 spiro atoms. The second kappa shape index (κ2) is 6.43. The van der Waals surface area contributed by atoms with Crippen molar-refractivity contribution >= 4 is 5.96 Å². The first-order chi connectivity index (χ1) is 9.98. The second-order valence-corrected chi connectivity index (χ2v) is 5.89. The van der Waals surface area contributed by atoms with Gasteiger partial charge in [0.1, 0.15) is 0 Å². The van der Waals surface area contributed by atoms with E-state index in [9.17, 15) is 0 Å². The molecule has 1 aromatic carbocycles. The minimum atomic E-state index is -0.0226. The Labute approximate surface area is 126 Å². The van der Waals surface area contributed by atoms with E-state index < -0.39 is 0 Å². The summed E-state index contributed by atoms with van der Waals surface area (Å²) in [6.07, 6.45) is 1.96. The molecule has 0 saturated heterocycles. The first kappa shape index (κ1) is 15.1. The molecule has 1 heterocycles. The highest BCUT2D eigenvalue weighted by Crippen LogP contribution is 2.06. The molecule has 0 atom stereocenters. The van der Waals surface area contributed by atoms with Crippen molar-refractivity contribution in [1.29, 1.82) is 0 Å². The van der Waals surface area contributed by atoms with E-state index in [4.69, 9.17) is 0 Å². The summed E-state index contributed by atoms with van der Waals surface area (Å²) in [5.74, 6) is 0.775. The maximum absolute atomic E-state index is 4.55. The molecule has 2 N–H and O–H groups in total. The van der Waals surface area contributed by atoms with Crippen molar-refractivity contribution < 1.29 is 0 Å². The first-order valence-electron chi connectivity index (χ1n) is 7.07. The Morgan fingerprint density at radius 1 is 1.19 bits per heavy atom. The topological polar surface area (TPSA) is 54.2 Å². The molecule has 0 unspecified atom stereocenters. The smallest absolute Gasteiger partial charge is 0.191 e. The highest BCUT2D eigenvalue weighted by molar-refractivity contribution is 5.80. The van der Waals surface area contributed by atoms with Gasteiger partial charge in [-0.3, -0.25) is 4.99 Å². The van der Waals surface area contributed by atoms with Gasteiger partial charge in [0.2, 0.25) is 0 Å². The van der Waals surface area contributed by atoms with E-state index in [1.54, 1.807) is 7.05 Å². The fraction of sp³-hybridized carbons (Fsp3) is 0.375. The summed E-state index contributed by atoms with van der Waals surface area (Å²) in [5, 5.41) is 11.1. The van der Waals surface area contributed by atoms with E-state index in [2.05, 4.69) is 41.5 Å². The molecule has 112 valence electrons. The molecule has 0 fully saturated rings. The van der Waals surface area contributed by atoms with Crippen LogP contribution in [0.4, 0.5) is 0 Å². The standard InChI is InChI=1S/C16H23N5/c1-16(2,3)19-15(17-4)18-12-13-10-11-21(20-13)14-8-6-5-7-9-14/h5-11H,12H2,1-4H3,(H2,17,18,19). The fourth-order valence-electron chi connectivity index (χ4n) is 1.89. The third kappa shape index (κ3) is 4.63. The number of aromatic nitrogens is 2. The van der Waals surface area contributed by atoms with Crippen LogP contribution in [0.1, 0.15) is 26.5 Å². The van der Waals surface area contributed by atoms with Crippen LogP contribution in [0.15, 0.2) is 47.6 Å². The summed E-state index contributed by atoms with van der Waals surface area (Å²) >= 11 is 0. The molecular formula is C16H23N5. The van der Waals surface area contributed by atoms with Gasteiger partial charge in [-0.1, -0.05) is 18.2 Å². The maximum atomic E-state index is 4.55. The number of aliphatic imine (C=N–C) groups is 1. The van der Waals surface area contributed by atoms with Crippen molar-refractivity contribution in [2.24, 2.45) is 4.99 Å². The molecule has 5 nitrogen and oxygen atoms in total. The number of guanidine groups is 1. The van der Waals surface area contributed by atoms with Gasteiger partial charge in [0.25, 0.3) is 0 Å². The Hall–Kier alpha value is -2.30. The van der Waals surface area contributed by atoms with Crippen LogP contribution >= 0.6 is 0 Å². The molecule has 0 bridgehead atoms. The van der Waals surface area contributed by atoms with Gasteiger partial charge < -0.3 is 10.6 Å². The zero-order chi connectivity index (χ0) is 15.3. The van der Waals surface area contributed by atoms with Gasteiger partial charge in [-0.25, -0.2) is 4.68 Å². The number of nitrogens with one attached hydrogen (secondary N) is 2. The predicted molar refractivity (Wildman–Crippen MR) is 86.7 cm³/mol. The summed E-state index contributed by atoms with van der Waals surface area (Å²) in [6, 6.07) is 12.1. The van der Waals surface area contributed by atoms with Crippen LogP contribution in [-0.4, -0.2) is 28.3 Å². The van der Waals surface area contributed by atoms with E-state index in [1.165, 1.54) is 0 Å². The third-order valence-corrected chi connectivity index (χ3v) is 2.82. The van der Waals surface area contributed by atoms with E-state index in [-0.39, 0.29) is 5.54 Å². The van der Waals surface area contributed by atoms with E-state index in [1.807, 2.05) is 47.3 Å². The van der Waals surface area contributed by atoms with Gasteiger partial charge in [0, 0.05) is 18.8 Å². The lowest BCUT2D eigenvalue weighted by atomic mass is 10.1. The van der Waals surface area contributed by atoms with Gasteiger partial charge in [0.05, 0.1) is 17.9 Å². The molecule has 0 aliphatic heterocycles. The lowest BCUT2D eigenvalue weighted by molar-refractivity contribution is 0.501. The summed E-state index contributed by atoms with van der Waals surface area (Å²) in [5.41, 5.74) is 2.00. The van der Waals surface area contributed by atoms with Gasteiger partial charge in [-0.15, -0.1) is 0 Å². The summed E-state index contributed by atoms with van der Waals surface area (Å²) < 4.78 is 1.87. The Morgan fingerprint density at radius 3 is 2.52 bits per heavy atom. The minimum Gasteiger partial charge on any atom is -0.352 e. The number of para-hydroxylation sites is 1. The van der Waals surface area contributed by atoms with Gasteiger partial charge in [-0.05, 0) is 39.0 Å². The molecule has 0 amide bonds. The second-order valence-electron chi connectivity index (χ2n) is 5.89. The van der Waals surface area contributed by atoms with Crippen molar-refractivity contribution in [3.63, 3.8) is 0 Å². The third-order valence-electron chi connectivity index (χ3n) is 2.82. The zero-order valence-electron chi connectivity index (χ0n) is 13.1. The molecule has 1 aromatic heterocycles. The summed E-state index contributed by atoms with van der Waals surface area (Å²) in [7, 11) is 1.77. The van der Waals surface area contributed by atoms with Crippen LogP contribution in [-0.2, 0) is 6.54 Å². The van der Waals surface area contributed by atoms with E-state index in [0.717, 1.165) is 17.3 Å². The first-order valence-corrected chi connectivity index (χ1v) is 7.07. The van der Waals surface area contributed by atoms with Crippen molar-refractivity contribution in [3.05, 3.63) is 48.3 Å². The maximum Gasteiger partial charge on any atom is 0.191 e. The highest BCUT2D eigenvalue weighted by Gasteiger charge is 2.11. The number of rotatable bonds is 3. The van der Waals surface area contributed by atoms with Crippen LogP contribution in [0.25, 0.3) is 5.69 Å². The minimum absolute atomic E-state index is 0.0226. The Balaban J connectivity index is 1.97. The van der Waals surface area contributed by atoms with Crippen LogP contribution < -0.4 is 10.6 Å². The lowest BCUT2D eigenvalue weighted by Crippen LogP contribution is -2.47. The average Bonchev–Trinajstić information content (AvgIpc) is 2.92. The molecule has 21 heavy (non-hydrogen) atoms. The zero-order valence-corrected chi connectivity index (χ0v) is 13.1. The number of nitrogens with zero attached hydrogens (tertiary/aromatic N) is 3. The Morgan fingerprint density at radius 2 is 1.90 bits per heavy atom. The Kier molecular flexibility index (Phi) is 4.62. The molecule has 0 aliphatic carbocycles. The molecule has 0 radical (unpaired) electrons. The van der Waals surface area contributed by atoms with Crippen molar-refractivity contribution in [1.82, 2.24) is 20.4 Å². The van der Waals surface area contributed by atoms with Gasteiger partial charge in [0.15, 0.2) is 5.96 Å². The SMILES string of the molecule is CN=C(NCc1ccn(-c2ccccc2)n1)NC(C)(C)C. The van der Waals surface area contributed by atoms with Gasteiger partial charge >= 0.3 is 0 Å². The average molecular weight is 285 g/mol. The monoisotopic (exact) mass is 285 g/mol. The quantitative estimate of drug-likeness (QED) is 0.672. The number of hydrogen-bond acceptors (Lipinski definition) is 2. The molecule has 0 aliphatic rings. The van der Waals surface area contributed by atoms with E-state index >= 15 is 0 Å². The molecular weight excluding hydrogens is 262 g/mol. The Bertz CT molecular complexity index is 593. The highest BCUT2D eigenvalue weighted by atomic mass is 15.3. The largest absolute Gasteiger partial charge is 0.352 e. The molecule has 2 aromatic rings. The number of hydrogen-bond donors (Lipinski definition) is 2. The van der Waals surface area contributed by atoms with Crippen LogP contribution in [0.3, 0.4) is 0 Å².